The van der Waals surface area contributed by atoms with Gasteiger partial charge in [0.1, 0.15) is 0 Å². The Morgan fingerprint density at radius 3 is 3.00 bits per heavy atom. The van der Waals surface area contributed by atoms with Gasteiger partial charge in [-0.3, -0.25) is 4.90 Å². The molecule has 0 aromatic rings. The monoisotopic (exact) mass is 171 g/mol. The van der Waals surface area contributed by atoms with E-state index in [1.54, 1.807) is 0 Å². The molecule has 0 aromatic heterocycles. The summed E-state index contributed by atoms with van der Waals surface area (Å²) in [6.45, 7) is 6.80. The summed E-state index contributed by atoms with van der Waals surface area (Å²) < 4.78 is 0. The normalized spacial score (nSPS) is 25.0. The van der Waals surface area contributed by atoms with Crippen LogP contribution in [0.25, 0.3) is 0 Å². The van der Waals surface area contributed by atoms with Crippen molar-refractivity contribution in [3.05, 3.63) is 0 Å². The first-order chi connectivity index (χ1) is 5.88. The van der Waals surface area contributed by atoms with E-state index in [0.29, 0.717) is 0 Å². The van der Waals surface area contributed by atoms with Crippen LogP contribution in [-0.2, 0) is 0 Å². The minimum Gasteiger partial charge on any atom is -0.308 e. The van der Waals surface area contributed by atoms with Gasteiger partial charge in [0.15, 0.2) is 0 Å². The van der Waals surface area contributed by atoms with E-state index in [0.717, 1.165) is 19.3 Å². The van der Waals surface area contributed by atoms with Crippen molar-refractivity contribution in [1.29, 1.82) is 0 Å². The van der Waals surface area contributed by atoms with Crippen molar-refractivity contribution in [1.82, 2.24) is 15.5 Å². The van der Waals surface area contributed by atoms with E-state index in [4.69, 9.17) is 0 Å². The molecule has 1 aliphatic heterocycles. The minimum atomic E-state index is 0.781. The van der Waals surface area contributed by atoms with Gasteiger partial charge in [0, 0.05) is 19.3 Å². The van der Waals surface area contributed by atoms with Crippen molar-refractivity contribution in [2.75, 3.05) is 33.4 Å². The Morgan fingerprint density at radius 1 is 1.50 bits per heavy atom. The molecule has 1 aliphatic rings. The first-order valence-corrected chi connectivity index (χ1v) is 4.97. The minimum absolute atomic E-state index is 0.781. The second kappa shape index (κ2) is 5.51. The van der Waals surface area contributed by atoms with Crippen LogP contribution in [-0.4, -0.2) is 44.3 Å². The van der Waals surface area contributed by atoms with Crippen LogP contribution in [0.4, 0.5) is 0 Å². The molecule has 0 aliphatic carbocycles. The second-order valence-electron chi connectivity index (χ2n) is 3.41. The van der Waals surface area contributed by atoms with Gasteiger partial charge < -0.3 is 10.6 Å². The van der Waals surface area contributed by atoms with E-state index < -0.39 is 0 Å². The highest BCUT2D eigenvalue weighted by atomic mass is 15.2. The van der Waals surface area contributed by atoms with Gasteiger partial charge in [-0.05, 0) is 33.0 Å². The van der Waals surface area contributed by atoms with Crippen LogP contribution in [0, 0.1) is 0 Å². The highest BCUT2D eigenvalue weighted by molar-refractivity contribution is 4.79. The van der Waals surface area contributed by atoms with Crippen molar-refractivity contribution >= 4 is 0 Å². The molecule has 0 radical (unpaired) electrons. The van der Waals surface area contributed by atoms with E-state index >= 15 is 0 Å². The van der Waals surface area contributed by atoms with Crippen LogP contribution in [0.5, 0.6) is 0 Å². The van der Waals surface area contributed by atoms with Gasteiger partial charge in [0.25, 0.3) is 0 Å². The highest BCUT2D eigenvalue weighted by Crippen LogP contribution is 2.15. The summed E-state index contributed by atoms with van der Waals surface area (Å²) in [5.74, 6) is 0. The molecule has 1 heterocycles. The predicted molar refractivity (Wildman–Crippen MR) is 52.2 cm³/mol. The molecule has 1 rings (SSSR count). The molecule has 1 atom stereocenters. The maximum absolute atomic E-state index is 3.39. The van der Waals surface area contributed by atoms with Gasteiger partial charge in [-0.25, -0.2) is 0 Å². The Kier molecular flexibility index (Phi) is 4.58. The fraction of sp³-hybridized carbons (Fsp3) is 1.00. The molecule has 3 nitrogen and oxygen atoms in total. The third-order valence-corrected chi connectivity index (χ3v) is 2.59. The smallest absolute Gasteiger partial charge is 0.0452 e. The van der Waals surface area contributed by atoms with Crippen LogP contribution in [0.15, 0.2) is 0 Å². The first-order valence-electron chi connectivity index (χ1n) is 4.97. The Labute approximate surface area is 75.5 Å². The maximum Gasteiger partial charge on any atom is 0.0452 e. The maximum atomic E-state index is 3.39. The Morgan fingerprint density at radius 2 is 2.33 bits per heavy atom. The molecule has 0 saturated carbocycles. The van der Waals surface area contributed by atoms with E-state index in [1.165, 1.54) is 25.9 Å². The van der Waals surface area contributed by atoms with Gasteiger partial charge in [-0.2, -0.15) is 0 Å². The second-order valence-corrected chi connectivity index (χ2v) is 3.41. The van der Waals surface area contributed by atoms with E-state index in [9.17, 15) is 0 Å². The van der Waals surface area contributed by atoms with Crippen LogP contribution in [0.2, 0.25) is 0 Å². The number of rotatable bonds is 5. The van der Waals surface area contributed by atoms with E-state index in [2.05, 4.69) is 22.5 Å². The Bertz CT molecular complexity index is 116. The van der Waals surface area contributed by atoms with Gasteiger partial charge in [0.2, 0.25) is 0 Å². The van der Waals surface area contributed by atoms with Crippen molar-refractivity contribution in [3.63, 3.8) is 0 Å². The molecule has 0 aromatic carbocycles. The molecule has 1 unspecified atom stereocenters. The van der Waals surface area contributed by atoms with Crippen molar-refractivity contribution in [3.8, 4) is 0 Å². The lowest BCUT2D eigenvalue weighted by Crippen LogP contribution is -2.40. The van der Waals surface area contributed by atoms with Crippen LogP contribution in [0.1, 0.15) is 19.8 Å². The molecule has 2 N–H and O–H groups in total. The molecular formula is C9H21N3. The Balaban J connectivity index is 2.12. The summed E-state index contributed by atoms with van der Waals surface area (Å²) in [6.07, 6.45) is 2.74. The molecule has 1 saturated heterocycles. The van der Waals surface area contributed by atoms with Crippen LogP contribution < -0.4 is 10.6 Å². The summed E-state index contributed by atoms with van der Waals surface area (Å²) in [4.78, 5) is 2.56. The lowest BCUT2D eigenvalue weighted by atomic mass is 10.2. The third-order valence-electron chi connectivity index (χ3n) is 2.59. The molecule has 0 spiro atoms. The molecule has 0 amide bonds. The van der Waals surface area contributed by atoms with Gasteiger partial charge in [-0.15, -0.1) is 0 Å². The quantitative estimate of drug-likeness (QED) is 0.458. The average Bonchev–Trinajstić information content (AvgIpc) is 2.52. The fourth-order valence-electron chi connectivity index (χ4n) is 1.91. The third kappa shape index (κ3) is 2.73. The molecule has 1 fully saturated rings. The average molecular weight is 171 g/mol. The number of nitrogens with zero attached hydrogens (tertiary/aromatic N) is 1. The number of likely N-dealkylation sites (N-methyl/N-ethyl adjacent to an activating group) is 1. The predicted octanol–water partition coefficient (Wildman–Crippen LogP) is 0.237. The molecule has 0 bridgehead atoms. The van der Waals surface area contributed by atoms with Gasteiger partial charge in [0.05, 0.1) is 0 Å². The lowest BCUT2D eigenvalue weighted by Gasteiger charge is -2.22. The molecular weight excluding hydrogens is 150 g/mol. The summed E-state index contributed by atoms with van der Waals surface area (Å²) in [5.41, 5.74) is 0. The number of hydrogen-bond donors (Lipinski definition) is 2. The summed E-state index contributed by atoms with van der Waals surface area (Å²) in [7, 11) is 1.97. The first kappa shape index (κ1) is 9.96. The Hall–Kier alpha value is -0.120. The van der Waals surface area contributed by atoms with Gasteiger partial charge >= 0.3 is 0 Å². The summed E-state index contributed by atoms with van der Waals surface area (Å²) in [5, 5.41) is 6.48. The van der Waals surface area contributed by atoms with E-state index in [-0.39, 0.29) is 0 Å². The largest absolute Gasteiger partial charge is 0.308 e. The van der Waals surface area contributed by atoms with Gasteiger partial charge in [-0.1, -0.05) is 6.92 Å². The van der Waals surface area contributed by atoms with Crippen LogP contribution in [0.3, 0.4) is 0 Å². The summed E-state index contributed by atoms with van der Waals surface area (Å²) >= 11 is 0. The van der Waals surface area contributed by atoms with Crippen molar-refractivity contribution < 1.29 is 0 Å². The SMILES string of the molecule is CCN1CCCC1CNCNC. The zero-order chi connectivity index (χ0) is 8.81. The zero-order valence-electron chi connectivity index (χ0n) is 8.27. The zero-order valence-corrected chi connectivity index (χ0v) is 8.27. The standard InChI is InChI=1S/C9H21N3/c1-3-12-6-4-5-9(12)7-11-8-10-2/h9-11H,3-8H2,1-2H3. The highest BCUT2D eigenvalue weighted by Gasteiger charge is 2.21. The van der Waals surface area contributed by atoms with Crippen molar-refractivity contribution in [2.24, 2.45) is 0 Å². The van der Waals surface area contributed by atoms with E-state index in [1.807, 2.05) is 7.05 Å². The number of nitrogens with one attached hydrogen (secondary N) is 2. The number of likely N-dealkylation sites (tertiary alicyclic amines) is 1. The molecule has 12 heavy (non-hydrogen) atoms. The van der Waals surface area contributed by atoms with Crippen molar-refractivity contribution in [2.45, 2.75) is 25.8 Å². The summed E-state index contributed by atoms with van der Waals surface area (Å²) in [6, 6.07) is 0.781. The van der Waals surface area contributed by atoms with Crippen LogP contribution >= 0.6 is 0 Å². The molecule has 72 valence electrons. The topological polar surface area (TPSA) is 27.3 Å². The molecule has 3 heteroatoms. The number of hydrogen-bond acceptors (Lipinski definition) is 3. The lowest BCUT2D eigenvalue weighted by molar-refractivity contribution is 0.259. The fourth-order valence-corrected chi connectivity index (χ4v) is 1.91.